The molecule has 0 bridgehead atoms. The fourth-order valence-corrected chi connectivity index (χ4v) is 2.79. The average Bonchev–Trinajstić information content (AvgIpc) is 2.77. The van der Waals surface area contributed by atoms with E-state index in [4.69, 9.17) is 0 Å². The Morgan fingerprint density at radius 2 is 1.91 bits per heavy atom. The lowest BCUT2D eigenvalue weighted by Gasteiger charge is -2.10. The normalized spacial score (nSPS) is 9.59. The summed E-state index contributed by atoms with van der Waals surface area (Å²) in [7, 11) is 0. The van der Waals surface area contributed by atoms with Crippen molar-refractivity contribution in [3.8, 4) is 0 Å². The molecule has 0 unspecified atom stereocenters. The number of aryl methyl sites for hydroxylation is 2. The molecule has 0 fully saturated rings. The Morgan fingerprint density at radius 1 is 1.23 bits per heavy atom. The highest BCUT2D eigenvalue weighted by Crippen LogP contribution is 2.21. The van der Waals surface area contributed by atoms with E-state index in [2.05, 4.69) is 22.5 Å². The first kappa shape index (κ1) is 20.9. The van der Waals surface area contributed by atoms with Gasteiger partial charge < -0.3 is 10.6 Å². The Balaban J connectivity index is 0.00000220. The highest BCUT2D eigenvalue weighted by Gasteiger charge is 2.14. The number of amides is 1. The summed E-state index contributed by atoms with van der Waals surface area (Å²) in [6.45, 7) is 7.48. The van der Waals surface area contributed by atoms with E-state index < -0.39 is 0 Å². The predicted molar refractivity (Wildman–Crippen MR) is 97.9 cm³/mol. The molecule has 1 heterocycles. The van der Waals surface area contributed by atoms with Crippen molar-refractivity contribution < 1.29 is 4.79 Å². The van der Waals surface area contributed by atoms with Crippen LogP contribution in [-0.2, 0) is 6.54 Å². The Morgan fingerprint density at radius 3 is 2.50 bits per heavy atom. The van der Waals surface area contributed by atoms with Crippen LogP contribution in [0.3, 0.4) is 0 Å². The molecular weight excluding hydrogens is 341 g/mol. The molecule has 0 spiro atoms. The molecule has 2 aromatic rings. The van der Waals surface area contributed by atoms with E-state index in [0.717, 1.165) is 35.0 Å². The monoisotopic (exact) mass is 361 g/mol. The third-order valence-electron chi connectivity index (χ3n) is 2.94. The fourth-order valence-electron chi connectivity index (χ4n) is 1.98. The van der Waals surface area contributed by atoms with Crippen molar-refractivity contribution in [3.05, 3.63) is 45.4 Å². The van der Waals surface area contributed by atoms with Gasteiger partial charge >= 0.3 is 0 Å². The number of hydrogen-bond acceptors (Lipinski definition) is 4. The van der Waals surface area contributed by atoms with Gasteiger partial charge in [-0.3, -0.25) is 4.79 Å². The van der Waals surface area contributed by atoms with Crippen LogP contribution in [-0.4, -0.2) is 17.4 Å². The van der Waals surface area contributed by atoms with Gasteiger partial charge in [-0.05, 0) is 32.0 Å². The van der Waals surface area contributed by atoms with Gasteiger partial charge in [0.05, 0.1) is 10.7 Å². The number of benzene rings is 1. The standard InChI is InChI=1S/C15H19N3OS.2ClH/c1-4-16-9-12-7-5-6-8-13(12)18-15(19)14-10(2)17-11(3)20-14;;/h5-8,16H,4,9H2,1-3H3,(H,18,19);2*1H. The quantitative estimate of drug-likeness (QED) is 0.846. The van der Waals surface area contributed by atoms with Crippen molar-refractivity contribution >= 4 is 47.7 Å². The number of hydrogen-bond donors (Lipinski definition) is 2. The smallest absolute Gasteiger partial charge is 0.267 e. The number of nitrogens with one attached hydrogen (secondary N) is 2. The number of anilines is 1. The maximum atomic E-state index is 12.3. The SMILES string of the molecule is CCNCc1ccccc1NC(=O)c1sc(C)nc1C.Cl.Cl. The minimum atomic E-state index is -0.0861. The summed E-state index contributed by atoms with van der Waals surface area (Å²) in [5.74, 6) is -0.0861. The maximum Gasteiger partial charge on any atom is 0.267 e. The van der Waals surface area contributed by atoms with Gasteiger partial charge in [0.25, 0.3) is 5.91 Å². The van der Waals surface area contributed by atoms with Gasteiger partial charge in [-0.15, -0.1) is 36.2 Å². The topological polar surface area (TPSA) is 54.0 Å². The van der Waals surface area contributed by atoms with Crippen LogP contribution >= 0.6 is 36.2 Å². The summed E-state index contributed by atoms with van der Waals surface area (Å²) >= 11 is 1.43. The van der Waals surface area contributed by atoms with Gasteiger partial charge in [0, 0.05) is 12.2 Å². The fraction of sp³-hybridized carbons (Fsp3) is 0.333. The molecular formula is C15H21Cl2N3OS. The number of thiazole rings is 1. The van der Waals surface area contributed by atoms with Crippen LogP contribution < -0.4 is 10.6 Å². The molecule has 0 aliphatic rings. The van der Waals surface area contributed by atoms with E-state index in [-0.39, 0.29) is 30.7 Å². The minimum absolute atomic E-state index is 0. The van der Waals surface area contributed by atoms with Gasteiger partial charge in [0.15, 0.2) is 0 Å². The van der Waals surface area contributed by atoms with Crippen LogP contribution in [0.5, 0.6) is 0 Å². The first-order valence-corrected chi connectivity index (χ1v) is 7.47. The summed E-state index contributed by atoms with van der Waals surface area (Å²) in [4.78, 5) is 17.3. The van der Waals surface area contributed by atoms with Gasteiger partial charge in [-0.2, -0.15) is 0 Å². The Kier molecular flexibility index (Phi) is 9.28. The second-order valence-electron chi connectivity index (χ2n) is 4.54. The molecule has 122 valence electrons. The van der Waals surface area contributed by atoms with Gasteiger partial charge in [-0.25, -0.2) is 4.98 Å². The maximum absolute atomic E-state index is 12.3. The third kappa shape index (κ3) is 5.25. The van der Waals surface area contributed by atoms with Crippen LogP contribution in [0.1, 0.15) is 32.9 Å². The van der Waals surface area contributed by atoms with Gasteiger partial charge in [-0.1, -0.05) is 25.1 Å². The van der Waals surface area contributed by atoms with E-state index >= 15 is 0 Å². The second-order valence-corrected chi connectivity index (χ2v) is 5.74. The van der Waals surface area contributed by atoms with Crippen molar-refractivity contribution in [1.29, 1.82) is 0 Å². The van der Waals surface area contributed by atoms with Crippen LogP contribution in [0.15, 0.2) is 24.3 Å². The molecule has 1 aromatic carbocycles. The number of aromatic nitrogens is 1. The molecule has 2 N–H and O–H groups in total. The van der Waals surface area contributed by atoms with Crippen LogP contribution in [0, 0.1) is 13.8 Å². The first-order chi connectivity index (χ1) is 9.61. The molecule has 2 rings (SSSR count). The zero-order valence-electron chi connectivity index (χ0n) is 12.8. The second kappa shape index (κ2) is 9.79. The van der Waals surface area contributed by atoms with Crippen LogP contribution in [0.2, 0.25) is 0 Å². The molecule has 0 saturated heterocycles. The summed E-state index contributed by atoms with van der Waals surface area (Å²) in [5.41, 5.74) is 2.72. The number of carbonyl (C=O) groups excluding carboxylic acids is 1. The van der Waals surface area contributed by atoms with Crippen LogP contribution in [0.25, 0.3) is 0 Å². The van der Waals surface area contributed by atoms with Gasteiger partial charge in [0.1, 0.15) is 4.88 Å². The lowest BCUT2D eigenvalue weighted by Crippen LogP contribution is -2.17. The Bertz CT molecular complexity index is 617. The van der Waals surface area contributed by atoms with Crippen molar-refractivity contribution in [2.75, 3.05) is 11.9 Å². The van der Waals surface area contributed by atoms with E-state index in [1.165, 1.54) is 11.3 Å². The molecule has 22 heavy (non-hydrogen) atoms. The van der Waals surface area contributed by atoms with Crippen LogP contribution in [0.4, 0.5) is 5.69 Å². The molecule has 0 aliphatic heterocycles. The molecule has 0 aliphatic carbocycles. The van der Waals surface area contributed by atoms with Crippen molar-refractivity contribution in [3.63, 3.8) is 0 Å². The molecule has 4 nitrogen and oxygen atoms in total. The zero-order valence-corrected chi connectivity index (χ0v) is 15.3. The van der Waals surface area contributed by atoms with Crippen molar-refractivity contribution in [2.45, 2.75) is 27.3 Å². The molecule has 0 atom stereocenters. The molecule has 0 saturated carbocycles. The van der Waals surface area contributed by atoms with E-state index in [9.17, 15) is 4.79 Å². The highest BCUT2D eigenvalue weighted by molar-refractivity contribution is 7.13. The summed E-state index contributed by atoms with van der Waals surface area (Å²) < 4.78 is 0. The zero-order chi connectivity index (χ0) is 14.5. The number of rotatable bonds is 5. The molecule has 1 amide bonds. The van der Waals surface area contributed by atoms with Crippen molar-refractivity contribution in [1.82, 2.24) is 10.3 Å². The van der Waals surface area contributed by atoms with E-state index in [1.54, 1.807) is 0 Å². The summed E-state index contributed by atoms with van der Waals surface area (Å²) in [5, 5.41) is 7.16. The lowest BCUT2D eigenvalue weighted by atomic mass is 10.1. The number of carbonyl (C=O) groups is 1. The molecule has 0 radical (unpaired) electrons. The first-order valence-electron chi connectivity index (χ1n) is 6.65. The third-order valence-corrected chi connectivity index (χ3v) is 4.01. The number of halogens is 2. The molecule has 7 heteroatoms. The number of para-hydroxylation sites is 1. The summed E-state index contributed by atoms with van der Waals surface area (Å²) in [6.07, 6.45) is 0. The number of nitrogens with zero attached hydrogens (tertiary/aromatic N) is 1. The van der Waals surface area contributed by atoms with E-state index in [0.29, 0.717) is 4.88 Å². The molecule has 1 aromatic heterocycles. The largest absolute Gasteiger partial charge is 0.321 e. The van der Waals surface area contributed by atoms with E-state index in [1.807, 2.05) is 38.1 Å². The Hall–Kier alpha value is -1.14. The summed E-state index contributed by atoms with van der Waals surface area (Å²) in [6, 6.07) is 7.84. The van der Waals surface area contributed by atoms with Crippen molar-refractivity contribution in [2.24, 2.45) is 0 Å². The van der Waals surface area contributed by atoms with Gasteiger partial charge in [0.2, 0.25) is 0 Å². The highest BCUT2D eigenvalue weighted by atomic mass is 35.5. The lowest BCUT2D eigenvalue weighted by molar-refractivity contribution is 0.102. The average molecular weight is 362 g/mol. The predicted octanol–water partition coefficient (Wildman–Crippen LogP) is 3.97. The Labute approximate surface area is 147 Å². The minimum Gasteiger partial charge on any atom is -0.321 e.